The minimum atomic E-state index is -0.868. The number of terminal acetylenes is 1. The quantitative estimate of drug-likeness (QED) is 0.567. The largest absolute Gasteiger partial charge is 0.387 e. The van der Waals surface area contributed by atoms with E-state index < -0.39 is 11.9 Å². The van der Waals surface area contributed by atoms with E-state index >= 15 is 0 Å². The second-order valence-corrected chi connectivity index (χ2v) is 10.6. The lowest BCUT2D eigenvalue weighted by Crippen LogP contribution is -2.58. The molecule has 7 atom stereocenters. The van der Waals surface area contributed by atoms with E-state index in [0.717, 1.165) is 32.1 Å². The number of carbonyl (C=O) groups excluding carboxylic acids is 1. The van der Waals surface area contributed by atoms with Crippen LogP contribution in [0.15, 0.2) is 11.6 Å². The zero-order valence-electron chi connectivity index (χ0n) is 17.8. The standard InChI is InChI=1S/C25H34O4/c1-4-10-24-15-22(27)25(28-12-13-29-25)14-17(24)5-6-18-20-8-7-19(16(2)26)23(20,3)11-9-21(18)24/h1,5,18-22,27H,6-15H2,2-3H3/t18-,19+,20-,21-,22?,23+,24-/m0/s1. The Kier molecular flexibility index (Phi) is 4.55. The van der Waals surface area contributed by atoms with Crippen molar-refractivity contribution < 1.29 is 19.4 Å². The Bertz CT molecular complexity index is 772. The highest BCUT2D eigenvalue weighted by molar-refractivity contribution is 5.79. The van der Waals surface area contributed by atoms with Crippen molar-refractivity contribution in [1.29, 1.82) is 0 Å². The van der Waals surface area contributed by atoms with Gasteiger partial charge < -0.3 is 14.6 Å². The first-order chi connectivity index (χ1) is 13.9. The molecule has 1 aliphatic heterocycles. The number of hydrogen-bond acceptors (Lipinski definition) is 4. The highest BCUT2D eigenvalue weighted by atomic mass is 16.7. The van der Waals surface area contributed by atoms with Crippen molar-refractivity contribution in [3.05, 3.63) is 11.6 Å². The molecule has 5 aliphatic rings. The maximum Gasteiger partial charge on any atom is 0.198 e. The lowest BCUT2D eigenvalue weighted by Gasteiger charge is -2.60. The molecule has 4 heteroatoms. The number of ketones is 1. The molecular weight excluding hydrogens is 364 g/mol. The molecule has 1 N–H and O–H groups in total. The lowest BCUT2D eigenvalue weighted by atomic mass is 9.45. The minimum Gasteiger partial charge on any atom is -0.387 e. The first-order valence-corrected chi connectivity index (χ1v) is 11.5. The van der Waals surface area contributed by atoms with E-state index in [1.165, 1.54) is 5.57 Å². The molecule has 0 aromatic carbocycles. The van der Waals surface area contributed by atoms with Gasteiger partial charge in [-0.05, 0) is 68.6 Å². The second-order valence-electron chi connectivity index (χ2n) is 10.6. The van der Waals surface area contributed by atoms with E-state index in [1.807, 2.05) is 0 Å². The van der Waals surface area contributed by atoms with Crippen LogP contribution in [0.5, 0.6) is 0 Å². The molecule has 0 radical (unpaired) electrons. The number of carbonyl (C=O) groups is 1. The molecule has 0 bridgehead atoms. The first kappa shape index (κ1) is 19.8. The molecule has 4 nitrogen and oxygen atoms in total. The maximum absolute atomic E-state index is 12.3. The molecule has 4 fully saturated rings. The highest BCUT2D eigenvalue weighted by Gasteiger charge is 2.63. The van der Waals surface area contributed by atoms with Gasteiger partial charge in [-0.25, -0.2) is 0 Å². The van der Waals surface area contributed by atoms with Crippen molar-refractivity contribution in [2.24, 2.45) is 34.5 Å². The van der Waals surface area contributed by atoms with Crippen molar-refractivity contribution in [3.8, 4) is 12.3 Å². The molecule has 4 aliphatic carbocycles. The van der Waals surface area contributed by atoms with E-state index in [1.54, 1.807) is 6.92 Å². The first-order valence-electron chi connectivity index (χ1n) is 11.5. The Balaban J connectivity index is 1.52. The maximum atomic E-state index is 12.3. The van der Waals surface area contributed by atoms with Crippen LogP contribution in [0.3, 0.4) is 0 Å². The summed E-state index contributed by atoms with van der Waals surface area (Å²) in [5, 5.41) is 11.1. The Morgan fingerprint density at radius 3 is 2.72 bits per heavy atom. The third-order valence-corrected chi connectivity index (χ3v) is 9.61. The van der Waals surface area contributed by atoms with Gasteiger partial charge in [-0.3, -0.25) is 4.79 Å². The van der Waals surface area contributed by atoms with Gasteiger partial charge in [0.2, 0.25) is 0 Å². The number of aliphatic hydroxyl groups is 1. The van der Waals surface area contributed by atoms with Crippen LogP contribution in [-0.4, -0.2) is 36.0 Å². The number of ether oxygens (including phenoxy) is 2. The molecule has 3 saturated carbocycles. The fourth-order valence-corrected chi connectivity index (χ4v) is 8.37. The predicted molar refractivity (Wildman–Crippen MR) is 110 cm³/mol. The van der Waals surface area contributed by atoms with Crippen LogP contribution >= 0.6 is 0 Å². The van der Waals surface area contributed by atoms with Crippen LogP contribution in [-0.2, 0) is 14.3 Å². The molecule has 0 aromatic heterocycles. The summed E-state index contributed by atoms with van der Waals surface area (Å²) in [6.07, 6.45) is 15.0. The van der Waals surface area contributed by atoms with Gasteiger partial charge in [-0.15, -0.1) is 12.3 Å². The predicted octanol–water partition coefficient (Wildman–Crippen LogP) is 3.87. The molecule has 1 unspecified atom stereocenters. The van der Waals surface area contributed by atoms with Crippen molar-refractivity contribution in [2.75, 3.05) is 13.2 Å². The van der Waals surface area contributed by atoms with Crippen LogP contribution in [0.25, 0.3) is 0 Å². The number of hydrogen-bond donors (Lipinski definition) is 1. The summed E-state index contributed by atoms with van der Waals surface area (Å²) < 4.78 is 11.9. The van der Waals surface area contributed by atoms with Crippen molar-refractivity contribution in [1.82, 2.24) is 0 Å². The summed E-state index contributed by atoms with van der Waals surface area (Å²) in [7, 11) is 0. The van der Waals surface area contributed by atoms with E-state index in [9.17, 15) is 9.90 Å². The highest BCUT2D eigenvalue weighted by Crippen LogP contribution is 2.68. The number of rotatable bonds is 2. The van der Waals surface area contributed by atoms with Crippen molar-refractivity contribution in [2.45, 2.75) is 77.1 Å². The number of allylic oxidation sites excluding steroid dienone is 1. The summed E-state index contributed by atoms with van der Waals surface area (Å²) in [4.78, 5) is 12.3. The summed E-state index contributed by atoms with van der Waals surface area (Å²) >= 11 is 0. The smallest absolute Gasteiger partial charge is 0.198 e. The second kappa shape index (κ2) is 6.67. The van der Waals surface area contributed by atoms with Gasteiger partial charge in [0.05, 0.1) is 13.2 Å². The summed E-state index contributed by atoms with van der Waals surface area (Å²) in [6, 6.07) is 0. The van der Waals surface area contributed by atoms with Crippen LogP contribution in [0.1, 0.15) is 65.2 Å². The van der Waals surface area contributed by atoms with Gasteiger partial charge in [0.25, 0.3) is 0 Å². The van der Waals surface area contributed by atoms with E-state index in [2.05, 4.69) is 18.9 Å². The minimum absolute atomic E-state index is 0.127. The Hall–Kier alpha value is -1.15. The number of fused-ring (bicyclic) bond motifs is 5. The number of Topliss-reactive ketones (excluding diaryl/α,β-unsaturated/α-hetero) is 1. The van der Waals surface area contributed by atoms with E-state index in [4.69, 9.17) is 15.9 Å². The molecule has 1 spiro atoms. The van der Waals surface area contributed by atoms with Gasteiger partial charge in [0.15, 0.2) is 5.79 Å². The topological polar surface area (TPSA) is 55.8 Å². The van der Waals surface area contributed by atoms with E-state index in [-0.39, 0.29) is 16.7 Å². The summed E-state index contributed by atoms with van der Waals surface area (Å²) in [5.74, 6) is 4.29. The molecule has 29 heavy (non-hydrogen) atoms. The van der Waals surface area contributed by atoms with Crippen molar-refractivity contribution >= 4 is 5.78 Å². The average Bonchev–Trinajstić information content (AvgIpc) is 3.28. The van der Waals surface area contributed by atoms with Crippen LogP contribution in [0.4, 0.5) is 0 Å². The zero-order valence-corrected chi connectivity index (χ0v) is 17.8. The Morgan fingerprint density at radius 1 is 1.28 bits per heavy atom. The van der Waals surface area contributed by atoms with Gasteiger partial charge in [0, 0.05) is 24.2 Å². The van der Waals surface area contributed by atoms with Gasteiger partial charge >= 0.3 is 0 Å². The van der Waals surface area contributed by atoms with Crippen LogP contribution in [0, 0.1) is 46.8 Å². The van der Waals surface area contributed by atoms with Crippen LogP contribution < -0.4 is 0 Å². The van der Waals surface area contributed by atoms with Gasteiger partial charge in [-0.1, -0.05) is 18.6 Å². The zero-order chi connectivity index (χ0) is 20.4. The molecule has 1 saturated heterocycles. The van der Waals surface area contributed by atoms with Crippen molar-refractivity contribution in [3.63, 3.8) is 0 Å². The molecule has 158 valence electrons. The molecule has 1 heterocycles. The fraction of sp³-hybridized carbons (Fsp3) is 0.800. The third kappa shape index (κ3) is 2.60. The number of aliphatic hydroxyl groups excluding tert-OH is 1. The summed E-state index contributed by atoms with van der Waals surface area (Å²) in [5.41, 5.74) is 1.34. The monoisotopic (exact) mass is 398 g/mol. The average molecular weight is 399 g/mol. The fourth-order valence-electron chi connectivity index (χ4n) is 8.37. The molecule has 0 aromatic rings. The molecule has 0 amide bonds. The van der Waals surface area contributed by atoms with Gasteiger partial charge in [0.1, 0.15) is 11.9 Å². The molecule has 5 rings (SSSR count). The van der Waals surface area contributed by atoms with Crippen LogP contribution in [0.2, 0.25) is 0 Å². The SMILES string of the molecule is C#CC[C@]12CC(O)C3(CC1=CC[C@@H]1[C@@H]2CC[C@]2(C)[C@@H](C(C)=O)CC[C@@H]12)OCCO3. The Labute approximate surface area is 174 Å². The molecular formula is C25H34O4. The van der Waals surface area contributed by atoms with Gasteiger partial charge in [-0.2, -0.15) is 0 Å². The third-order valence-electron chi connectivity index (χ3n) is 9.61. The lowest BCUT2D eigenvalue weighted by molar-refractivity contribution is -0.245. The van der Waals surface area contributed by atoms with E-state index in [0.29, 0.717) is 56.0 Å². The Morgan fingerprint density at radius 2 is 2.03 bits per heavy atom. The summed E-state index contributed by atoms with van der Waals surface area (Å²) in [6.45, 7) is 5.24. The normalized spacial score (nSPS) is 47.7.